The first-order valence-corrected chi connectivity index (χ1v) is 20.1. The average Bonchev–Trinajstić information content (AvgIpc) is 3.64. The van der Waals surface area contributed by atoms with E-state index in [0.717, 1.165) is 55.7 Å². The molecule has 8 aromatic rings. The first-order valence-electron chi connectivity index (χ1n) is 23.6. The lowest BCUT2D eigenvalue weighted by Crippen LogP contribution is -2.12. The van der Waals surface area contributed by atoms with E-state index in [9.17, 15) is 5.11 Å². The Labute approximate surface area is 360 Å². The van der Waals surface area contributed by atoms with Gasteiger partial charge in [0.25, 0.3) is 0 Å². The molecule has 0 aliphatic heterocycles. The third-order valence-electron chi connectivity index (χ3n) is 11.0. The molecule has 0 saturated carbocycles. The number of rotatable bonds is 6. The second-order valence-corrected chi connectivity index (χ2v) is 18.5. The van der Waals surface area contributed by atoms with Crippen molar-refractivity contribution >= 4 is 11.0 Å². The summed E-state index contributed by atoms with van der Waals surface area (Å²) < 4.78 is 60.6. The molecular formula is C55H55N3O. The Morgan fingerprint density at radius 2 is 1.25 bits per heavy atom. The summed E-state index contributed by atoms with van der Waals surface area (Å²) in [5.41, 5.74) is 10.2. The predicted molar refractivity (Wildman–Crippen MR) is 249 cm³/mol. The van der Waals surface area contributed by atoms with E-state index in [0.29, 0.717) is 22.6 Å². The SMILES string of the molecule is [2H]c1c([2H])c(C([2H])([2H])[2H])c([2H])c([2H])c1-c1ccnc(-c2cc(-c3cccc4c3nc(-c3cccc(C(C)(C)C)c3O)n4-c3ccc(C(C)(C)C)cc3-c3ccccc3)cc(C(C)(C)C)c2)c1. The van der Waals surface area contributed by atoms with Gasteiger partial charge >= 0.3 is 0 Å². The number of nitrogens with zero attached hydrogens (tertiary/aromatic N) is 3. The molecule has 0 spiro atoms. The number of fused-ring (bicyclic) bond motifs is 1. The van der Waals surface area contributed by atoms with Crippen LogP contribution in [0.25, 0.3) is 72.7 Å². The van der Waals surface area contributed by atoms with Gasteiger partial charge in [-0.2, -0.15) is 0 Å². The molecule has 0 unspecified atom stereocenters. The number of benzene rings is 6. The monoisotopic (exact) mass is 780 g/mol. The van der Waals surface area contributed by atoms with Gasteiger partial charge in [-0.15, -0.1) is 0 Å². The van der Waals surface area contributed by atoms with Gasteiger partial charge in [0.05, 0.1) is 33.5 Å². The summed E-state index contributed by atoms with van der Waals surface area (Å²) >= 11 is 0. The van der Waals surface area contributed by atoms with Crippen molar-refractivity contribution in [2.24, 2.45) is 0 Å². The highest BCUT2D eigenvalue weighted by atomic mass is 16.3. The highest BCUT2D eigenvalue weighted by molar-refractivity contribution is 5.98. The van der Waals surface area contributed by atoms with E-state index >= 15 is 0 Å². The Morgan fingerprint density at radius 1 is 0.559 bits per heavy atom. The van der Waals surface area contributed by atoms with Crippen molar-refractivity contribution in [3.05, 3.63) is 168 Å². The standard InChI is InChI=1S/C55H55N3O/c1-35-22-24-36(25-23-35)38-28-29-56-47(33-38)40-30-39(31-42(32-40)54(5,6)7)43-18-15-21-49-50(43)57-52(44-19-14-20-46(51(44)59)55(8,9)10)58(49)48-27-26-41(53(2,3)4)34-45(48)37-16-12-11-13-17-37/h11-34,59H,1-10H3/i1D3,22D,23D,24D,25D. The Kier molecular flexibility index (Phi) is 7.97. The van der Waals surface area contributed by atoms with Gasteiger partial charge in [0.1, 0.15) is 11.6 Å². The molecule has 296 valence electrons. The van der Waals surface area contributed by atoms with E-state index in [1.54, 1.807) is 18.3 Å². The summed E-state index contributed by atoms with van der Waals surface area (Å²) in [7, 11) is 0. The number of hydrogen-bond acceptors (Lipinski definition) is 3. The molecule has 1 N–H and O–H groups in total. The molecule has 0 saturated heterocycles. The van der Waals surface area contributed by atoms with Gasteiger partial charge in [-0.05, 0) is 111 Å². The van der Waals surface area contributed by atoms with Crippen LogP contribution in [0.3, 0.4) is 0 Å². The highest BCUT2D eigenvalue weighted by Crippen LogP contribution is 2.44. The fourth-order valence-electron chi connectivity index (χ4n) is 7.70. The summed E-state index contributed by atoms with van der Waals surface area (Å²) in [6.07, 6.45) is 1.57. The highest BCUT2D eigenvalue weighted by Gasteiger charge is 2.27. The molecule has 2 aromatic heterocycles. The zero-order valence-electron chi connectivity index (χ0n) is 42.3. The Morgan fingerprint density at radius 3 is 1.95 bits per heavy atom. The van der Waals surface area contributed by atoms with Gasteiger partial charge in [-0.3, -0.25) is 9.55 Å². The number of hydrogen-bond donors (Lipinski definition) is 1. The zero-order valence-corrected chi connectivity index (χ0v) is 35.3. The maximum atomic E-state index is 12.2. The van der Waals surface area contributed by atoms with E-state index in [-0.39, 0.29) is 27.6 Å². The van der Waals surface area contributed by atoms with Crippen molar-refractivity contribution in [1.29, 1.82) is 0 Å². The van der Waals surface area contributed by atoms with Crippen LogP contribution in [0.2, 0.25) is 0 Å². The number of para-hydroxylation sites is 2. The van der Waals surface area contributed by atoms with E-state index < -0.39 is 36.6 Å². The zero-order chi connectivity index (χ0) is 47.8. The van der Waals surface area contributed by atoms with Crippen molar-refractivity contribution < 1.29 is 14.7 Å². The second-order valence-electron chi connectivity index (χ2n) is 18.5. The van der Waals surface area contributed by atoms with Crippen LogP contribution in [-0.4, -0.2) is 19.6 Å². The minimum absolute atomic E-state index is 0.000809. The van der Waals surface area contributed by atoms with Crippen LogP contribution in [-0.2, 0) is 16.2 Å². The summed E-state index contributed by atoms with van der Waals surface area (Å²) in [5, 5.41) is 12.2. The van der Waals surface area contributed by atoms with Crippen LogP contribution in [0.4, 0.5) is 0 Å². The van der Waals surface area contributed by atoms with Crippen LogP contribution < -0.4 is 0 Å². The van der Waals surface area contributed by atoms with Gasteiger partial charge in [0, 0.05) is 27.0 Å². The van der Waals surface area contributed by atoms with Crippen LogP contribution >= 0.6 is 0 Å². The van der Waals surface area contributed by atoms with Crippen LogP contribution in [0.15, 0.2) is 146 Å². The minimum Gasteiger partial charge on any atom is -0.507 e. The lowest BCUT2D eigenvalue weighted by Gasteiger charge is -2.24. The summed E-state index contributed by atoms with van der Waals surface area (Å²) in [5.74, 6) is 0.765. The van der Waals surface area contributed by atoms with Gasteiger partial charge < -0.3 is 5.11 Å². The fourth-order valence-corrected chi connectivity index (χ4v) is 7.70. The molecule has 0 aliphatic carbocycles. The first-order chi connectivity index (χ1) is 30.9. The summed E-state index contributed by atoms with van der Waals surface area (Å²) in [6.45, 7) is 16.5. The smallest absolute Gasteiger partial charge is 0.149 e. The molecule has 59 heavy (non-hydrogen) atoms. The minimum atomic E-state index is -2.82. The third kappa shape index (κ3) is 7.72. The molecular weight excluding hydrogens is 719 g/mol. The van der Waals surface area contributed by atoms with Gasteiger partial charge in [-0.1, -0.05) is 159 Å². The molecule has 0 amide bonds. The lowest BCUT2D eigenvalue weighted by molar-refractivity contribution is 0.448. The first kappa shape index (κ1) is 31.7. The molecule has 0 bridgehead atoms. The largest absolute Gasteiger partial charge is 0.507 e. The molecule has 4 nitrogen and oxygen atoms in total. The van der Waals surface area contributed by atoms with Gasteiger partial charge in [0.15, 0.2) is 0 Å². The number of phenolic OH excluding ortho intramolecular Hbond substituents is 1. The molecule has 2 heterocycles. The normalized spacial score (nSPS) is 14.2. The van der Waals surface area contributed by atoms with Crippen LogP contribution in [0.5, 0.6) is 5.75 Å². The quantitative estimate of drug-likeness (QED) is 0.183. The Bertz CT molecular complexity index is 3160. The van der Waals surface area contributed by atoms with Crippen LogP contribution in [0, 0.1) is 6.85 Å². The topological polar surface area (TPSA) is 50.9 Å². The number of aromatic nitrogens is 3. The average molecular weight is 781 g/mol. The van der Waals surface area contributed by atoms with Crippen molar-refractivity contribution in [2.75, 3.05) is 0 Å². The fraction of sp³-hybridized carbons (Fsp3) is 0.236. The lowest BCUT2D eigenvalue weighted by atomic mass is 9.83. The van der Waals surface area contributed by atoms with Crippen molar-refractivity contribution in [3.8, 4) is 67.5 Å². The van der Waals surface area contributed by atoms with Gasteiger partial charge in [0.2, 0.25) is 0 Å². The predicted octanol–water partition coefficient (Wildman–Crippen LogP) is 14.7. The second kappa shape index (κ2) is 14.8. The molecule has 6 aromatic carbocycles. The third-order valence-corrected chi connectivity index (χ3v) is 11.0. The molecule has 4 heteroatoms. The van der Waals surface area contributed by atoms with Crippen molar-refractivity contribution in [2.45, 2.75) is 85.4 Å². The van der Waals surface area contributed by atoms with E-state index in [1.807, 2.05) is 48.5 Å². The molecule has 0 atom stereocenters. The Hall–Kier alpha value is -6.26. The summed E-state index contributed by atoms with van der Waals surface area (Å²) in [6, 6.07) is 36.6. The summed E-state index contributed by atoms with van der Waals surface area (Å²) in [4.78, 5) is 10.3. The molecule has 0 fully saturated rings. The Balaban J connectivity index is 1.40. The van der Waals surface area contributed by atoms with Crippen LogP contribution in [0.1, 0.15) is 94.2 Å². The number of aromatic hydroxyl groups is 1. The number of pyridine rings is 1. The van der Waals surface area contributed by atoms with E-state index in [4.69, 9.17) is 19.6 Å². The molecule has 0 aliphatic rings. The van der Waals surface area contributed by atoms with E-state index in [2.05, 4.69) is 121 Å². The molecule has 8 rings (SSSR count). The van der Waals surface area contributed by atoms with E-state index in [1.165, 1.54) is 5.56 Å². The number of phenols is 1. The maximum Gasteiger partial charge on any atom is 0.149 e. The van der Waals surface area contributed by atoms with Gasteiger partial charge in [-0.25, -0.2) is 4.98 Å². The molecule has 0 radical (unpaired) electrons. The van der Waals surface area contributed by atoms with Crippen molar-refractivity contribution in [3.63, 3.8) is 0 Å². The number of imidazole rings is 1. The van der Waals surface area contributed by atoms with Crippen molar-refractivity contribution in [1.82, 2.24) is 14.5 Å². The maximum absolute atomic E-state index is 12.2.